The van der Waals surface area contributed by atoms with Crippen molar-refractivity contribution in [3.8, 4) is 0 Å². The molecule has 5 aliphatic rings. The molecule has 4 aliphatic heterocycles. The molecule has 1 aromatic carbocycles. The maximum absolute atomic E-state index is 10.6. The summed E-state index contributed by atoms with van der Waals surface area (Å²) in [5, 5.41) is 4.06. The van der Waals surface area contributed by atoms with E-state index in [-0.39, 0.29) is 13.5 Å². The van der Waals surface area contributed by atoms with Gasteiger partial charge in [0.05, 0.1) is 5.70 Å². The van der Waals surface area contributed by atoms with E-state index < -0.39 is 0 Å². The SMILES string of the molecule is C.CC1CC2=C(CN1C)N=CC2.CC1CCC2CCCCC2N1C.CC1CNC(=O)N1C.Cc1cn(C)c2ccccc12. The van der Waals surface area contributed by atoms with E-state index >= 15 is 0 Å². The number of likely N-dealkylation sites (tertiary alicyclic amines) is 1. The predicted molar refractivity (Wildman–Crippen MR) is 184 cm³/mol. The van der Waals surface area contributed by atoms with Crippen molar-refractivity contribution in [2.24, 2.45) is 18.0 Å². The fourth-order valence-corrected chi connectivity index (χ4v) is 7.02. The number of fused-ring (bicyclic) bond motifs is 2. The molecular weight excluding hydrogens is 532 g/mol. The van der Waals surface area contributed by atoms with E-state index in [9.17, 15) is 4.79 Å². The van der Waals surface area contributed by atoms with Gasteiger partial charge in [0, 0.05) is 81.1 Å². The van der Waals surface area contributed by atoms with Gasteiger partial charge in [-0.15, -0.1) is 0 Å². The first-order chi connectivity index (χ1) is 20.1. The second kappa shape index (κ2) is 15.9. The van der Waals surface area contributed by atoms with E-state index in [1.165, 1.54) is 67.1 Å². The molecule has 1 aliphatic carbocycles. The van der Waals surface area contributed by atoms with Gasteiger partial charge in [-0.3, -0.25) is 9.89 Å². The fourth-order valence-electron chi connectivity index (χ4n) is 7.02. The Morgan fingerprint density at radius 1 is 0.907 bits per heavy atom. The number of aryl methyl sites for hydroxylation is 2. The molecule has 7 rings (SSSR count). The van der Waals surface area contributed by atoms with E-state index in [0.29, 0.717) is 12.1 Å². The number of aliphatic imine (C=N–C) groups is 1. The van der Waals surface area contributed by atoms with Crippen molar-refractivity contribution in [1.29, 1.82) is 0 Å². The van der Waals surface area contributed by atoms with Crippen LogP contribution in [0.1, 0.15) is 85.1 Å². The van der Waals surface area contributed by atoms with Gasteiger partial charge in [0.15, 0.2) is 0 Å². The maximum Gasteiger partial charge on any atom is 0.317 e. The zero-order valence-electron chi connectivity index (χ0n) is 27.6. The van der Waals surface area contributed by atoms with Crippen LogP contribution in [0.4, 0.5) is 4.79 Å². The molecule has 7 heteroatoms. The van der Waals surface area contributed by atoms with Gasteiger partial charge in [-0.2, -0.15) is 0 Å². The van der Waals surface area contributed by atoms with Crippen LogP contribution in [-0.4, -0.2) is 89.9 Å². The molecule has 3 fully saturated rings. The molecule has 7 nitrogen and oxygen atoms in total. The molecule has 5 unspecified atom stereocenters. The van der Waals surface area contributed by atoms with Gasteiger partial charge in [-0.05, 0) is 97.0 Å². The molecule has 1 N–H and O–H groups in total. The summed E-state index contributed by atoms with van der Waals surface area (Å²) in [5.74, 6) is 1.04. The van der Waals surface area contributed by atoms with Crippen LogP contribution < -0.4 is 5.32 Å². The minimum atomic E-state index is 0. The Labute approximate surface area is 262 Å². The van der Waals surface area contributed by atoms with E-state index in [2.05, 4.69) is 97.1 Å². The molecule has 240 valence electrons. The van der Waals surface area contributed by atoms with Crippen LogP contribution in [0, 0.1) is 12.8 Å². The fraction of sp³-hybridized carbons (Fsp3) is 0.667. The number of aromatic nitrogens is 1. The number of nitrogens with zero attached hydrogens (tertiary/aromatic N) is 5. The highest BCUT2D eigenvalue weighted by Crippen LogP contribution is 2.36. The molecule has 1 saturated carbocycles. The Balaban J connectivity index is 0.000000157. The molecule has 0 bridgehead atoms. The molecular formula is C36H60N6O. The van der Waals surface area contributed by atoms with Crippen LogP contribution in [0.25, 0.3) is 10.9 Å². The van der Waals surface area contributed by atoms with Crippen molar-refractivity contribution < 1.29 is 4.79 Å². The number of nitrogens with one attached hydrogen (secondary N) is 1. The second-order valence-electron chi connectivity index (χ2n) is 13.3. The smallest absolute Gasteiger partial charge is 0.317 e. The van der Waals surface area contributed by atoms with Gasteiger partial charge in [0.25, 0.3) is 0 Å². The first kappa shape index (κ1) is 34.8. The first-order valence-corrected chi connectivity index (χ1v) is 16.2. The number of para-hydroxylation sites is 1. The number of urea groups is 1. The minimum absolute atomic E-state index is 0. The number of rotatable bonds is 0. The zero-order chi connectivity index (χ0) is 30.4. The van der Waals surface area contributed by atoms with Crippen molar-refractivity contribution in [3.05, 3.63) is 47.3 Å². The number of hydrogen-bond donors (Lipinski definition) is 1. The van der Waals surface area contributed by atoms with Gasteiger partial charge in [-0.25, -0.2) is 4.79 Å². The largest absolute Gasteiger partial charge is 0.350 e. The topological polar surface area (TPSA) is 56.1 Å². The van der Waals surface area contributed by atoms with Gasteiger partial charge in [0.2, 0.25) is 0 Å². The third kappa shape index (κ3) is 8.72. The monoisotopic (exact) mass is 592 g/mol. The van der Waals surface area contributed by atoms with Crippen molar-refractivity contribution in [1.82, 2.24) is 24.6 Å². The second-order valence-corrected chi connectivity index (χ2v) is 13.3. The Morgan fingerprint density at radius 2 is 1.63 bits per heavy atom. The Kier molecular flexibility index (Phi) is 12.9. The first-order valence-electron chi connectivity index (χ1n) is 16.2. The van der Waals surface area contributed by atoms with Gasteiger partial charge >= 0.3 is 6.03 Å². The highest BCUT2D eigenvalue weighted by molar-refractivity contribution is 5.83. The van der Waals surface area contributed by atoms with Crippen LogP contribution >= 0.6 is 0 Å². The average Bonchev–Trinajstić information content (AvgIpc) is 3.65. The Bertz CT molecular complexity index is 1210. The van der Waals surface area contributed by atoms with Gasteiger partial charge < -0.3 is 19.7 Å². The van der Waals surface area contributed by atoms with E-state index in [1.807, 2.05) is 13.1 Å². The third-order valence-electron chi connectivity index (χ3n) is 10.4. The lowest BCUT2D eigenvalue weighted by Crippen LogP contribution is -2.48. The molecule has 43 heavy (non-hydrogen) atoms. The quantitative estimate of drug-likeness (QED) is 0.351. The molecule has 2 saturated heterocycles. The summed E-state index contributed by atoms with van der Waals surface area (Å²) in [5.41, 5.74) is 5.55. The summed E-state index contributed by atoms with van der Waals surface area (Å²) in [6.07, 6.45) is 15.4. The van der Waals surface area contributed by atoms with Crippen LogP contribution in [0.3, 0.4) is 0 Å². The van der Waals surface area contributed by atoms with Crippen LogP contribution in [0.2, 0.25) is 0 Å². The standard InChI is InChI=1S/C11H21N.C10H11N.C9H14N2.C5H10N2O.CH4/c1-9-7-8-10-5-3-4-6-11(10)12(9)2;1-8-7-11(2)10-6-4-3-5-9(8)10;1-7-5-8-3-4-10-9(8)6-11(7)2;1-4-3-6-5(8)7(4)2;/h9-11H,3-8H2,1-2H3;3-7H,1-2H3;4,7H,3,5-6H2,1-2H3;4H,3H2,1-2H3,(H,6,8);1H4. The summed E-state index contributed by atoms with van der Waals surface area (Å²) in [7, 11) is 8.37. The number of carbonyl (C=O) groups excluding carboxylic acids is 1. The number of amides is 2. The lowest BCUT2D eigenvalue weighted by molar-refractivity contribution is 0.0447. The lowest BCUT2D eigenvalue weighted by Gasteiger charge is -2.45. The third-order valence-corrected chi connectivity index (χ3v) is 10.4. The van der Waals surface area contributed by atoms with Crippen molar-refractivity contribution in [3.63, 3.8) is 0 Å². The Morgan fingerprint density at radius 3 is 2.28 bits per heavy atom. The van der Waals surface area contributed by atoms with E-state index in [4.69, 9.17) is 0 Å². The molecule has 0 radical (unpaired) electrons. The molecule has 1 aromatic heterocycles. The summed E-state index contributed by atoms with van der Waals surface area (Å²) in [6, 6.07) is 11.3. The van der Waals surface area contributed by atoms with Crippen LogP contribution in [0.5, 0.6) is 0 Å². The molecule has 5 atom stereocenters. The Hall–Kier alpha value is -2.64. The molecule has 5 heterocycles. The van der Waals surface area contributed by atoms with Crippen LogP contribution in [0.15, 0.2) is 46.7 Å². The lowest BCUT2D eigenvalue weighted by atomic mass is 9.77. The minimum Gasteiger partial charge on any atom is -0.350 e. The predicted octanol–water partition coefficient (Wildman–Crippen LogP) is 7.25. The van der Waals surface area contributed by atoms with Crippen molar-refractivity contribution in [2.75, 3.05) is 34.2 Å². The summed E-state index contributed by atoms with van der Waals surface area (Å²) in [6.45, 7) is 10.6. The molecule has 0 spiro atoms. The van der Waals surface area contributed by atoms with E-state index in [1.54, 1.807) is 17.5 Å². The number of hydrogen-bond acceptors (Lipinski definition) is 4. The van der Waals surface area contributed by atoms with Crippen LogP contribution in [-0.2, 0) is 7.05 Å². The normalized spacial score (nSPS) is 28.3. The summed E-state index contributed by atoms with van der Waals surface area (Å²) in [4.78, 5) is 21.6. The number of benzene rings is 1. The van der Waals surface area contributed by atoms with Crippen molar-refractivity contribution in [2.45, 2.75) is 111 Å². The summed E-state index contributed by atoms with van der Waals surface area (Å²) < 4.78 is 2.16. The number of likely N-dealkylation sites (N-methyl/N-ethyl adjacent to an activating group) is 2. The van der Waals surface area contributed by atoms with E-state index in [0.717, 1.165) is 37.5 Å². The summed E-state index contributed by atoms with van der Waals surface area (Å²) >= 11 is 0. The average molecular weight is 593 g/mol. The number of carbonyl (C=O) groups is 1. The van der Waals surface area contributed by atoms with Gasteiger partial charge in [-0.1, -0.05) is 38.5 Å². The van der Waals surface area contributed by atoms with Gasteiger partial charge in [0.1, 0.15) is 0 Å². The highest BCUT2D eigenvalue weighted by atomic mass is 16.2. The highest BCUT2D eigenvalue weighted by Gasteiger charge is 2.34. The maximum atomic E-state index is 10.6. The molecule has 2 aromatic rings. The van der Waals surface area contributed by atoms with Crippen molar-refractivity contribution >= 4 is 23.1 Å². The number of piperidine rings is 1. The molecule has 2 amide bonds. The zero-order valence-corrected chi connectivity index (χ0v) is 27.6.